The number of halogens is 1. The minimum Gasteiger partial charge on any atom is -0.497 e. The van der Waals surface area contributed by atoms with Gasteiger partial charge in [0.15, 0.2) is 0 Å². The number of methoxy groups -OCH3 is 1. The summed E-state index contributed by atoms with van der Waals surface area (Å²) in [7, 11) is 1.68. The van der Waals surface area contributed by atoms with Gasteiger partial charge in [0, 0.05) is 10.6 Å². The standard InChI is InChI=1S/C33H37ClO/c1-6-24(7-2)20-25-11-13-26(14-12-25)33-31-17-15-27(23(4)35-5)21-28(31)9-8-10-32(33)30-18-16-29(34)19-22(30)3/h11-19,21,24H,4,6-10,20H2,1-3,5H3. The van der Waals surface area contributed by atoms with Crippen LogP contribution in [0.4, 0.5) is 0 Å². The molecule has 1 nitrogen and oxygen atoms in total. The Morgan fingerprint density at radius 1 is 0.943 bits per heavy atom. The van der Waals surface area contributed by atoms with Crippen LogP contribution >= 0.6 is 11.6 Å². The van der Waals surface area contributed by atoms with Crippen molar-refractivity contribution in [2.45, 2.75) is 59.3 Å². The Bertz CT molecular complexity index is 1230. The van der Waals surface area contributed by atoms with Gasteiger partial charge in [0.1, 0.15) is 5.76 Å². The summed E-state index contributed by atoms with van der Waals surface area (Å²) < 4.78 is 5.43. The van der Waals surface area contributed by atoms with Gasteiger partial charge in [0.25, 0.3) is 0 Å². The van der Waals surface area contributed by atoms with Crippen LogP contribution in [0.3, 0.4) is 0 Å². The lowest BCUT2D eigenvalue weighted by atomic mass is 9.85. The van der Waals surface area contributed by atoms with Gasteiger partial charge in [-0.25, -0.2) is 0 Å². The third-order valence-electron chi connectivity index (χ3n) is 7.55. The average molecular weight is 485 g/mol. The number of rotatable bonds is 8. The van der Waals surface area contributed by atoms with E-state index in [1.54, 1.807) is 7.11 Å². The fourth-order valence-corrected chi connectivity index (χ4v) is 5.59. The summed E-state index contributed by atoms with van der Waals surface area (Å²) in [5, 5.41) is 0.788. The molecule has 0 saturated heterocycles. The lowest BCUT2D eigenvalue weighted by molar-refractivity contribution is 0.371. The molecule has 3 aromatic carbocycles. The molecule has 0 saturated carbocycles. The number of allylic oxidation sites excluding steroid dienone is 1. The zero-order valence-electron chi connectivity index (χ0n) is 21.6. The summed E-state index contributed by atoms with van der Waals surface area (Å²) in [4.78, 5) is 0. The van der Waals surface area contributed by atoms with Crippen LogP contribution < -0.4 is 0 Å². The highest BCUT2D eigenvalue weighted by atomic mass is 35.5. The van der Waals surface area contributed by atoms with Crippen LogP contribution in [0.25, 0.3) is 16.9 Å². The second-order valence-corrected chi connectivity index (χ2v) is 10.2. The van der Waals surface area contributed by atoms with E-state index >= 15 is 0 Å². The predicted molar refractivity (Wildman–Crippen MR) is 152 cm³/mol. The smallest absolute Gasteiger partial charge is 0.118 e. The first-order valence-corrected chi connectivity index (χ1v) is 13.3. The number of fused-ring (bicyclic) bond motifs is 1. The highest BCUT2D eigenvalue weighted by molar-refractivity contribution is 6.30. The number of ether oxygens (including phenoxy) is 1. The van der Waals surface area contributed by atoms with E-state index in [1.165, 1.54) is 57.4 Å². The molecule has 4 rings (SSSR count). The van der Waals surface area contributed by atoms with E-state index in [0.29, 0.717) is 5.76 Å². The normalized spacial score (nSPS) is 13.5. The number of benzene rings is 3. The molecule has 0 unspecified atom stereocenters. The van der Waals surface area contributed by atoms with Crippen LogP contribution in [-0.4, -0.2) is 7.11 Å². The fraction of sp³-hybridized carbons (Fsp3) is 0.333. The topological polar surface area (TPSA) is 9.23 Å². The van der Waals surface area contributed by atoms with E-state index in [2.05, 4.69) is 81.9 Å². The highest BCUT2D eigenvalue weighted by Crippen LogP contribution is 2.41. The molecule has 3 aromatic rings. The molecule has 0 spiro atoms. The van der Waals surface area contributed by atoms with Gasteiger partial charge < -0.3 is 4.74 Å². The number of hydrogen-bond acceptors (Lipinski definition) is 1. The van der Waals surface area contributed by atoms with Crippen LogP contribution in [0.15, 0.2) is 67.2 Å². The molecule has 1 aliphatic carbocycles. The maximum absolute atomic E-state index is 6.33. The predicted octanol–water partition coefficient (Wildman–Crippen LogP) is 9.54. The second kappa shape index (κ2) is 11.3. The minimum atomic E-state index is 0.710. The first kappa shape index (κ1) is 25.3. The van der Waals surface area contributed by atoms with Crippen molar-refractivity contribution in [1.82, 2.24) is 0 Å². The quantitative estimate of drug-likeness (QED) is 0.289. The van der Waals surface area contributed by atoms with Gasteiger partial charge in [0.2, 0.25) is 0 Å². The van der Waals surface area contributed by atoms with Crippen LogP contribution in [0.5, 0.6) is 0 Å². The third kappa shape index (κ3) is 5.57. The summed E-state index contributed by atoms with van der Waals surface area (Å²) in [5.41, 5.74) is 11.7. The van der Waals surface area contributed by atoms with E-state index in [9.17, 15) is 0 Å². The Labute approximate surface area is 216 Å². The molecule has 0 radical (unpaired) electrons. The molecular formula is C33H37ClO. The van der Waals surface area contributed by atoms with Crippen molar-refractivity contribution in [3.05, 3.63) is 111 Å². The van der Waals surface area contributed by atoms with Gasteiger partial charge in [-0.2, -0.15) is 0 Å². The minimum absolute atomic E-state index is 0.710. The van der Waals surface area contributed by atoms with Gasteiger partial charge in [-0.1, -0.05) is 87.3 Å². The maximum Gasteiger partial charge on any atom is 0.118 e. The first-order chi connectivity index (χ1) is 16.9. The Morgan fingerprint density at radius 3 is 2.31 bits per heavy atom. The Balaban J connectivity index is 1.88. The molecular weight excluding hydrogens is 448 g/mol. The van der Waals surface area contributed by atoms with Crippen molar-refractivity contribution >= 4 is 28.5 Å². The summed E-state index contributed by atoms with van der Waals surface area (Å²) in [6.45, 7) is 10.8. The molecule has 0 amide bonds. The van der Waals surface area contributed by atoms with Crippen molar-refractivity contribution in [1.29, 1.82) is 0 Å². The molecule has 0 aliphatic heterocycles. The number of hydrogen-bond donors (Lipinski definition) is 0. The molecule has 0 fully saturated rings. The largest absolute Gasteiger partial charge is 0.497 e. The fourth-order valence-electron chi connectivity index (χ4n) is 5.36. The van der Waals surface area contributed by atoms with Crippen molar-refractivity contribution in [2.75, 3.05) is 7.11 Å². The Kier molecular flexibility index (Phi) is 8.19. The molecule has 182 valence electrons. The molecule has 0 bridgehead atoms. The van der Waals surface area contributed by atoms with Crippen LogP contribution in [0.1, 0.15) is 78.5 Å². The van der Waals surface area contributed by atoms with Gasteiger partial charge in [-0.3, -0.25) is 0 Å². The first-order valence-electron chi connectivity index (χ1n) is 12.9. The monoisotopic (exact) mass is 484 g/mol. The zero-order valence-corrected chi connectivity index (χ0v) is 22.3. The summed E-state index contributed by atoms with van der Waals surface area (Å²) in [6, 6.07) is 22.3. The lowest BCUT2D eigenvalue weighted by Gasteiger charge is -2.19. The molecule has 0 heterocycles. The van der Waals surface area contributed by atoms with Crippen LogP contribution in [0, 0.1) is 12.8 Å². The van der Waals surface area contributed by atoms with Gasteiger partial charge >= 0.3 is 0 Å². The highest BCUT2D eigenvalue weighted by Gasteiger charge is 2.22. The van der Waals surface area contributed by atoms with Gasteiger partial charge in [0.05, 0.1) is 7.11 Å². The van der Waals surface area contributed by atoms with Crippen molar-refractivity contribution in [3.8, 4) is 0 Å². The molecule has 35 heavy (non-hydrogen) atoms. The van der Waals surface area contributed by atoms with Gasteiger partial charge in [-0.15, -0.1) is 0 Å². The third-order valence-corrected chi connectivity index (χ3v) is 7.79. The Morgan fingerprint density at radius 2 is 1.66 bits per heavy atom. The average Bonchev–Trinajstić information content (AvgIpc) is 3.06. The van der Waals surface area contributed by atoms with E-state index in [1.807, 2.05) is 6.07 Å². The van der Waals surface area contributed by atoms with Crippen molar-refractivity contribution in [3.63, 3.8) is 0 Å². The van der Waals surface area contributed by atoms with Crippen LogP contribution in [-0.2, 0) is 17.6 Å². The van der Waals surface area contributed by atoms with Gasteiger partial charge in [-0.05, 0) is 101 Å². The molecule has 0 N–H and O–H groups in total. The second-order valence-electron chi connectivity index (χ2n) is 9.75. The summed E-state index contributed by atoms with van der Waals surface area (Å²) in [5.74, 6) is 1.46. The SMILES string of the molecule is C=C(OC)c1ccc2c(c1)CCCC(c1ccc(Cl)cc1C)=C2c1ccc(CC(CC)CC)cc1. The molecule has 1 aliphatic rings. The van der Waals surface area contributed by atoms with E-state index < -0.39 is 0 Å². The van der Waals surface area contributed by atoms with Crippen LogP contribution in [0.2, 0.25) is 5.02 Å². The Hall–Kier alpha value is -2.77. The summed E-state index contributed by atoms with van der Waals surface area (Å²) >= 11 is 6.33. The molecule has 2 heteroatoms. The molecule has 0 aromatic heterocycles. The van der Waals surface area contributed by atoms with E-state index in [4.69, 9.17) is 16.3 Å². The zero-order chi connectivity index (χ0) is 24.9. The van der Waals surface area contributed by atoms with Crippen molar-refractivity contribution < 1.29 is 4.74 Å². The van der Waals surface area contributed by atoms with Crippen molar-refractivity contribution in [2.24, 2.45) is 5.92 Å². The number of aryl methyl sites for hydroxylation is 2. The molecule has 0 atom stereocenters. The lowest BCUT2D eigenvalue weighted by Crippen LogP contribution is -2.02. The summed E-state index contributed by atoms with van der Waals surface area (Å²) in [6.07, 6.45) is 6.77. The van der Waals surface area contributed by atoms with E-state index in [0.717, 1.165) is 42.2 Å². The van der Waals surface area contributed by atoms with E-state index in [-0.39, 0.29) is 0 Å². The maximum atomic E-state index is 6.33.